The number of para-hydroxylation sites is 1. The van der Waals surface area contributed by atoms with Crippen molar-refractivity contribution in [1.29, 1.82) is 5.26 Å². The molecule has 0 spiro atoms. The molecule has 0 bridgehead atoms. The number of hydrogen-bond acceptors (Lipinski definition) is 4. The van der Waals surface area contributed by atoms with Gasteiger partial charge in [-0.3, -0.25) is 0 Å². The van der Waals surface area contributed by atoms with Gasteiger partial charge in [0.1, 0.15) is 17.5 Å². The van der Waals surface area contributed by atoms with Crippen LogP contribution in [0.3, 0.4) is 0 Å². The van der Waals surface area contributed by atoms with Crippen molar-refractivity contribution >= 4 is 0 Å². The van der Waals surface area contributed by atoms with Crippen LogP contribution in [0.25, 0.3) is 11.3 Å². The average molecular weight is 254 g/mol. The Morgan fingerprint density at radius 2 is 2.21 bits per heavy atom. The fourth-order valence-corrected chi connectivity index (χ4v) is 1.86. The maximum absolute atomic E-state index is 9.16. The van der Waals surface area contributed by atoms with Crippen LogP contribution in [0.2, 0.25) is 0 Å². The molecule has 1 aromatic carbocycles. The number of rotatable bonds is 4. The minimum absolute atomic E-state index is 0.283. The number of ether oxygens (including phenoxy) is 1. The Labute approximate surface area is 111 Å². The summed E-state index contributed by atoms with van der Waals surface area (Å²) in [4.78, 5) is 0. The number of hydrogen-bond donors (Lipinski definition) is 0. The lowest BCUT2D eigenvalue weighted by Gasteiger charge is -2.10. The molecule has 2 aromatic rings. The summed E-state index contributed by atoms with van der Waals surface area (Å²) < 4.78 is 6.99. The largest absolute Gasteiger partial charge is 0.496 e. The molecule has 0 atom stereocenters. The molecule has 0 aliphatic heterocycles. The molecular formula is C14H14N4O. The average Bonchev–Trinajstić information content (AvgIpc) is 2.80. The van der Waals surface area contributed by atoms with Gasteiger partial charge in [0.15, 0.2) is 5.69 Å². The number of nitrogens with zero attached hydrogens (tertiary/aromatic N) is 4. The lowest BCUT2D eigenvalue weighted by molar-refractivity contribution is 0.416. The summed E-state index contributed by atoms with van der Waals surface area (Å²) in [7, 11) is 1.60. The van der Waals surface area contributed by atoms with Gasteiger partial charge in [-0.15, -0.1) is 5.10 Å². The van der Waals surface area contributed by atoms with Crippen LogP contribution in [0.15, 0.2) is 36.4 Å². The molecule has 96 valence electrons. The lowest BCUT2D eigenvalue weighted by atomic mass is 10.1. The van der Waals surface area contributed by atoms with E-state index in [2.05, 4.69) is 23.0 Å². The first-order valence-corrected chi connectivity index (χ1v) is 5.78. The molecule has 19 heavy (non-hydrogen) atoms. The van der Waals surface area contributed by atoms with Crippen LogP contribution in [0.5, 0.6) is 5.75 Å². The molecule has 5 nitrogen and oxygen atoms in total. The fraction of sp³-hybridized carbons (Fsp3) is 0.214. The predicted molar refractivity (Wildman–Crippen MR) is 71.5 cm³/mol. The number of allylic oxidation sites excluding steroid dienone is 1. The molecule has 2 rings (SSSR count). The molecule has 0 aliphatic carbocycles. The molecule has 0 unspecified atom stereocenters. The van der Waals surface area contributed by atoms with Crippen LogP contribution in [0, 0.1) is 11.3 Å². The van der Waals surface area contributed by atoms with E-state index in [1.165, 1.54) is 0 Å². The Balaban J connectivity index is 2.63. The predicted octanol–water partition coefficient (Wildman–Crippen LogP) is 2.40. The Bertz CT molecular complexity index is 652. The van der Waals surface area contributed by atoms with Crippen molar-refractivity contribution in [1.82, 2.24) is 15.0 Å². The highest BCUT2D eigenvalue weighted by Gasteiger charge is 2.17. The first-order valence-electron chi connectivity index (χ1n) is 5.78. The minimum atomic E-state index is 0.283. The monoisotopic (exact) mass is 254 g/mol. The maximum atomic E-state index is 9.16. The van der Waals surface area contributed by atoms with E-state index in [0.717, 1.165) is 11.1 Å². The first kappa shape index (κ1) is 12.8. The zero-order valence-electron chi connectivity index (χ0n) is 10.9. The Hall–Kier alpha value is -2.61. The van der Waals surface area contributed by atoms with Gasteiger partial charge < -0.3 is 4.74 Å². The Morgan fingerprint density at radius 1 is 1.47 bits per heavy atom. The standard InChI is InChI=1S/C14H14N4O/c1-10(2)9-18-14(12(8-15)16-17-18)11-6-4-5-7-13(11)19-3/h4-7H,1,9H2,2-3H3. The quantitative estimate of drug-likeness (QED) is 0.786. The molecule has 1 aromatic heterocycles. The van der Waals surface area contributed by atoms with Crippen LogP contribution in [0.1, 0.15) is 12.6 Å². The zero-order chi connectivity index (χ0) is 13.8. The lowest BCUT2D eigenvalue weighted by Crippen LogP contribution is -2.04. The molecule has 1 heterocycles. The van der Waals surface area contributed by atoms with E-state index in [-0.39, 0.29) is 5.69 Å². The fourth-order valence-electron chi connectivity index (χ4n) is 1.86. The summed E-state index contributed by atoms with van der Waals surface area (Å²) in [6.07, 6.45) is 0. The van der Waals surface area contributed by atoms with Crippen molar-refractivity contribution in [2.45, 2.75) is 13.5 Å². The summed E-state index contributed by atoms with van der Waals surface area (Å²) in [5.74, 6) is 0.685. The third kappa shape index (κ3) is 2.47. The number of benzene rings is 1. The van der Waals surface area contributed by atoms with E-state index in [0.29, 0.717) is 18.0 Å². The smallest absolute Gasteiger partial charge is 0.190 e. The van der Waals surface area contributed by atoms with Crippen LogP contribution < -0.4 is 4.74 Å². The van der Waals surface area contributed by atoms with Crippen molar-refractivity contribution in [3.63, 3.8) is 0 Å². The van der Waals surface area contributed by atoms with Gasteiger partial charge in [0.25, 0.3) is 0 Å². The SMILES string of the molecule is C=C(C)Cn1nnc(C#N)c1-c1ccccc1OC. The number of nitriles is 1. The van der Waals surface area contributed by atoms with Crippen LogP contribution in [-0.2, 0) is 6.54 Å². The number of aromatic nitrogens is 3. The van der Waals surface area contributed by atoms with E-state index in [9.17, 15) is 0 Å². The number of methoxy groups -OCH3 is 1. The first-order chi connectivity index (χ1) is 9.17. The van der Waals surface area contributed by atoms with Gasteiger partial charge >= 0.3 is 0 Å². The van der Waals surface area contributed by atoms with Crippen molar-refractivity contribution in [3.05, 3.63) is 42.1 Å². The summed E-state index contributed by atoms with van der Waals surface area (Å²) >= 11 is 0. The highest BCUT2D eigenvalue weighted by Crippen LogP contribution is 2.31. The summed E-state index contributed by atoms with van der Waals surface area (Å²) in [6.45, 7) is 6.28. The van der Waals surface area contributed by atoms with Crippen molar-refractivity contribution in [3.8, 4) is 23.1 Å². The summed E-state index contributed by atoms with van der Waals surface area (Å²) in [5, 5.41) is 17.1. The minimum Gasteiger partial charge on any atom is -0.496 e. The highest BCUT2D eigenvalue weighted by molar-refractivity contribution is 5.71. The second-order valence-corrected chi connectivity index (χ2v) is 4.21. The Morgan fingerprint density at radius 3 is 2.84 bits per heavy atom. The molecule has 0 radical (unpaired) electrons. The molecule has 0 N–H and O–H groups in total. The second kappa shape index (κ2) is 5.36. The van der Waals surface area contributed by atoms with Gasteiger partial charge in [-0.05, 0) is 19.1 Å². The third-order valence-electron chi connectivity index (χ3n) is 2.62. The van der Waals surface area contributed by atoms with E-state index in [1.54, 1.807) is 11.8 Å². The molecule has 0 amide bonds. The zero-order valence-corrected chi connectivity index (χ0v) is 10.9. The summed E-state index contributed by atoms with van der Waals surface area (Å²) in [5.41, 5.74) is 2.67. The van der Waals surface area contributed by atoms with Gasteiger partial charge in [0.2, 0.25) is 0 Å². The maximum Gasteiger partial charge on any atom is 0.190 e. The van der Waals surface area contributed by atoms with Crippen molar-refractivity contribution in [2.75, 3.05) is 7.11 Å². The van der Waals surface area contributed by atoms with Crippen LogP contribution in [0.4, 0.5) is 0 Å². The molecule has 0 saturated carbocycles. The van der Waals surface area contributed by atoms with Gasteiger partial charge in [0.05, 0.1) is 13.7 Å². The van der Waals surface area contributed by atoms with Crippen LogP contribution in [-0.4, -0.2) is 22.1 Å². The van der Waals surface area contributed by atoms with Crippen LogP contribution >= 0.6 is 0 Å². The normalized spacial score (nSPS) is 9.95. The highest BCUT2D eigenvalue weighted by atomic mass is 16.5. The van der Waals surface area contributed by atoms with E-state index >= 15 is 0 Å². The molecule has 0 aliphatic rings. The Kier molecular flexibility index (Phi) is 3.62. The molecular weight excluding hydrogens is 240 g/mol. The van der Waals surface area contributed by atoms with E-state index in [4.69, 9.17) is 10.00 Å². The molecule has 0 saturated heterocycles. The third-order valence-corrected chi connectivity index (χ3v) is 2.62. The van der Waals surface area contributed by atoms with Gasteiger partial charge in [-0.1, -0.05) is 29.5 Å². The van der Waals surface area contributed by atoms with Gasteiger partial charge in [-0.25, -0.2) is 4.68 Å². The van der Waals surface area contributed by atoms with E-state index in [1.807, 2.05) is 31.2 Å². The van der Waals surface area contributed by atoms with Crippen molar-refractivity contribution < 1.29 is 4.74 Å². The van der Waals surface area contributed by atoms with Crippen molar-refractivity contribution in [2.24, 2.45) is 0 Å². The molecule has 0 fully saturated rings. The topological polar surface area (TPSA) is 63.7 Å². The second-order valence-electron chi connectivity index (χ2n) is 4.21. The van der Waals surface area contributed by atoms with Gasteiger partial charge in [-0.2, -0.15) is 5.26 Å². The summed E-state index contributed by atoms with van der Waals surface area (Å²) in [6, 6.07) is 9.55. The van der Waals surface area contributed by atoms with Gasteiger partial charge in [0, 0.05) is 5.56 Å². The molecule has 5 heteroatoms. The van der Waals surface area contributed by atoms with E-state index < -0.39 is 0 Å².